The van der Waals surface area contributed by atoms with Gasteiger partial charge in [-0.2, -0.15) is 0 Å². The summed E-state index contributed by atoms with van der Waals surface area (Å²) in [5.41, 5.74) is 6.11. The Morgan fingerprint density at radius 1 is 1.44 bits per heavy atom. The monoisotopic (exact) mass is 268 g/mol. The number of rotatable bonds is 4. The molecule has 2 aromatic rings. The zero-order valence-electron chi connectivity index (χ0n) is 9.29. The molecule has 0 amide bonds. The molecule has 1 aromatic carbocycles. The number of imidazole rings is 1. The highest BCUT2D eigenvalue weighted by molar-refractivity contribution is 7.89. The summed E-state index contributed by atoms with van der Waals surface area (Å²) in [7, 11) is -3.66. The summed E-state index contributed by atoms with van der Waals surface area (Å²) >= 11 is 0. The average Bonchev–Trinajstić information content (AvgIpc) is 2.83. The quantitative estimate of drug-likeness (QED) is 0.465. The fraction of sp³-hybridized carbons (Fsp3) is 0.100. The molecule has 8 heteroatoms. The maximum atomic E-state index is 11.9. The van der Waals surface area contributed by atoms with E-state index in [9.17, 15) is 13.5 Å². The lowest BCUT2D eigenvalue weighted by molar-refractivity contribution is 0.477. The lowest BCUT2D eigenvalue weighted by Gasteiger charge is -2.07. The van der Waals surface area contributed by atoms with Crippen molar-refractivity contribution in [1.29, 1.82) is 0 Å². The number of nitrogen functional groups attached to an aromatic ring is 1. The first-order valence-corrected chi connectivity index (χ1v) is 6.53. The Labute approximate surface area is 104 Å². The van der Waals surface area contributed by atoms with Crippen LogP contribution < -0.4 is 10.5 Å². The fourth-order valence-corrected chi connectivity index (χ4v) is 2.38. The summed E-state index contributed by atoms with van der Waals surface area (Å²) in [4.78, 5) is 6.55. The third-order valence-corrected chi connectivity index (χ3v) is 3.72. The number of benzene rings is 1. The number of nitrogens with zero attached hydrogens (tertiary/aromatic N) is 1. The Morgan fingerprint density at radius 3 is 2.83 bits per heavy atom. The van der Waals surface area contributed by atoms with Crippen molar-refractivity contribution in [3.05, 3.63) is 36.4 Å². The van der Waals surface area contributed by atoms with Crippen LogP contribution in [0.1, 0.15) is 5.69 Å². The van der Waals surface area contributed by atoms with E-state index in [0.29, 0.717) is 5.69 Å². The minimum absolute atomic E-state index is 0.00249. The molecule has 1 aromatic heterocycles. The Kier molecular flexibility index (Phi) is 3.21. The number of anilines is 1. The number of hydrogen-bond acceptors (Lipinski definition) is 5. The number of aromatic nitrogens is 2. The summed E-state index contributed by atoms with van der Waals surface area (Å²) in [6.07, 6.45) is 2.98. The molecule has 5 N–H and O–H groups in total. The van der Waals surface area contributed by atoms with Gasteiger partial charge in [-0.1, -0.05) is 0 Å². The maximum Gasteiger partial charge on any atom is 0.241 e. The lowest BCUT2D eigenvalue weighted by Crippen LogP contribution is -2.23. The number of nitrogens with two attached hydrogens (primary N) is 1. The number of sulfonamides is 1. The molecule has 18 heavy (non-hydrogen) atoms. The summed E-state index contributed by atoms with van der Waals surface area (Å²) in [5, 5.41) is 9.24. The van der Waals surface area contributed by atoms with Crippen LogP contribution in [-0.4, -0.2) is 23.5 Å². The van der Waals surface area contributed by atoms with Crippen molar-refractivity contribution >= 4 is 15.7 Å². The van der Waals surface area contributed by atoms with Gasteiger partial charge >= 0.3 is 0 Å². The van der Waals surface area contributed by atoms with Crippen molar-refractivity contribution in [2.24, 2.45) is 0 Å². The molecule has 1 heterocycles. The molecule has 96 valence electrons. The predicted molar refractivity (Wildman–Crippen MR) is 65.1 cm³/mol. The molecule has 0 saturated heterocycles. The van der Waals surface area contributed by atoms with Gasteiger partial charge in [-0.3, -0.25) is 0 Å². The normalized spacial score (nSPS) is 11.6. The zero-order chi connectivity index (χ0) is 13.2. The van der Waals surface area contributed by atoms with Gasteiger partial charge in [-0.15, -0.1) is 0 Å². The fourth-order valence-electron chi connectivity index (χ4n) is 1.34. The predicted octanol–water partition coefficient (Wildman–Crippen LogP) is 0.176. The van der Waals surface area contributed by atoms with Gasteiger partial charge in [0.1, 0.15) is 5.75 Å². The standard InChI is InChI=1S/C10H12N4O3S/c11-9-3-8(1-2-10(9)15)18(16,17)14-5-7-4-12-6-13-7/h1-4,6,14-15H,5,11H2,(H,12,13). The second-order valence-corrected chi connectivity index (χ2v) is 5.39. The van der Waals surface area contributed by atoms with Crippen molar-refractivity contribution in [3.63, 3.8) is 0 Å². The van der Waals surface area contributed by atoms with Gasteiger partial charge < -0.3 is 15.8 Å². The SMILES string of the molecule is Nc1cc(S(=O)(=O)NCc2cnc[nH]2)ccc1O. The number of phenolic OH excluding ortho intramolecular Hbond substituents is 1. The van der Waals surface area contributed by atoms with Gasteiger partial charge in [0.05, 0.1) is 23.5 Å². The van der Waals surface area contributed by atoms with Crippen LogP contribution in [0, 0.1) is 0 Å². The van der Waals surface area contributed by atoms with Crippen LogP contribution in [0.2, 0.25) is 0 Å². The molecule has 0 atom stereocenters. The van der Waals surface area contributed by atoms with E-state index in [2.05, 4.69) is 14.7 Å². The smallest absolute Gasteiger partial charge is 0.241 e. The van der Waals surface area contributed by atoms with E-state index < -0.39 is 10.0 Å². The highest BCUT2D eigenvalue weighted by Crippen LogP contribution is 2.22. The zero-order valence-corrected chi connectivity index (χ0v) is 10.1. The number of nitrogens with one attached hydrogen (secondary N) is 2. The van der Waals surface area contributed by atoms with E-state index in [-0.39, 0.29) is 22.9 Å². The van der Waals surface area contributed by atoms with Gasteiger partial charge in [0.15, 0.2) is 0 Å². The van der Waals surface area contributed by atoms with Gasteiger partial charge in [0, 0.05) is 11.9 Å². The molecule has 0 aliphatic heterocycles. The van der Waals surface area contributed by atoms with Crippen LogP contribution in [0.3, 0.4) is 0 Å². The van der Waals surface area contributed by atoms with Crippen LogP contribution in [0.25, 0.3) is 0 Å². The minimum Gasteiger partial charge on any atom is -0.506 e. The third-order valence-electron chi connectivity index (χ3n) is 2.32. The highest BCUT2D eigenvalue weighted by Gasteiger charge is 2.15. The molecular weight excluding hydrogens is 256 g/mol. The van der Waals surface area contributed by atoms with Crippen molar-refractivity contribution in [3.8, 4) is 5.75 Å². The van der Waals surface area contributed by atoms with E-state index in [1.165, 1.54) is 30.7 Å². The molecule has 0 aliphatic carbocycles. The molecule has 0 radical (unpaired) electrons. The average molecular weight is 268 g/mol. The summed E-state index contributed by atoms with van der Waals surface area (Å²) in [5.74, 6) is -0.150. The van der Waals surface area contributed by atoms with Gasteiger partial charge in [-0.25, -0.2) is 18.1 Å². The maximum absolute atomic E-state index is 11.9. The first kappa shape index (κ1) is 12.4. The molecule has 0 bridgehead atoms. The van der Waals surface area contributed by atoms with E-state index >= 15 is 0 Å². The minimum atomic E-state index is -3.66. The topological polar surface area (TPSA) is 121 Å². The Bertz CT molecular complexity index is 637. The van der Waals surface area contributed by atoms with Crippen LogP contribution in [0.5, 0.6) is 5.75 Å². The second-order valence-electron chi connectivity index (χ2n) is 3.62. The largest absolute Gasteiger partial charge is 0.506 e. The Hall–Kier alpha value is -2.06. The molecule has 0 aliphatic rings. The van der Waals surface area contributed by atoms with Crippen molar-refractivity contribution in [1.82, 2.24) is 14.7 Å². The highest BCUT2D eigenvalue weighted by atomic mass is 32.2. The Balaban J connectivity index is 2.17. The molecule has 0 spiro atoms. The van der Waals surface area contributed by atoms with Crippen molar-refractivity contribution in [2.75, 3.05) is 5.73 Å². The molecule has 0 saturated carbocycles. The van der Waals surface area contributed by atoms with Crippen LogP contribution in [0.15, 0.2) is 35.6 Å². The molecule has 0 unspecified atom stereocenters. The van der Waals surface area contributed by atoms with Crippen molar-refractivity contribution < 1.29 is 13.5 Å². The molecular formula is C10H12N4O3S. The summed E-state index contributed by atoms with van der Waals surface area (Å²) in [6, 6.07) is 3.71. The van der Waals surface area contributed by atoms with Gasteiger partial charge in [-0.05, 0) is 18.2 Å². The summed E-state index contributed by atoms with van der Waals surface area (Å²) in [6.45, 7) is 0.100. The second kappa shape index (κ2) is 4.67. The molecule has 2 rings (SSSR count). The molecule has 7 nitrogen and oxygen atoms in total. The van der Waals surface area contributed by atoms with E-state index in [1.807, 2.05) is 0 Å². The van der Waals surface area contributed by atoms with E-state index in [4.69, 9.17) is 5.73 Å². The number of phenols is 1. The number of hydrogen-bond donors (Lipinski definition) is 4. The van der Waals surface area contributed by atoms with Crippen LogP contribution in [0.4, 0.5) is 5.69 Å². The summed E-state index contributed by atoms with van der Waals surface area (Å²) < 4.78 is 26.2. The lowest BCUT2D eigenvalue weighted by atomic mass is 10.3. The number of aromatic amines is 1. The van der Waals surface area contributed by atoms with Crippen molar-refractivity contribution in [2.45, 2.75) is 11.4 Å². The first-order chi connectivity index (χ1) is 8.49. The number of aromatic hydroxyl groups is 1. The Morgan fingerprint density at radius 2 is 2.22 bits per heavy atom. The van der Waals surface area contributed by atoms with Crippen LogP contribution >= 0.6 is 0 Å². The van der Waals surface area contributed by atoms with E-state index in [1.54, 1.807) is 0 Å². The first-order valence-electron chi connectivity index (χ1n) is 5.04. The van der Waals surface area contributed by atoms with Gasteiger partial charge in [0.25, 0.3) is 0 Å². The van der Waals surface area contributed by atoms with E-state index in [0.717, 1.165) is 0 Å². The molecule has 0 fully saturated rings. The number of H-pyrrole nitrogens is 1. The third kappa shape index (κ3) is 2.60. The van der Waals surface area contributed by atoms with Crippen LogP contribution in [-0.2, 0) is 16.6 Å². The van der Waals surface area contributed by atoms with Gasteiger partial charge in [0.2, 0.25) is 10.0 Å².